The van der Waals surface area contributed by atoms with Gasteiger partial charge < -0.3 is 0 Å². The Morgan fingerprint density at radius 2 is 2.00 bits per heavy atom. The quantitative estimate of drug-likeness (QED) is 0.418. The lowest BCUT2D eigenvalue weighted by Crippen LogP contribution is -2.36. The highest BCUT2D eigenvalue weighted by Gasteiger charge is 2.27. The largest absolute Gasteiger partial charge is 0.253 e. The number of rotatable bonds is 0. The smallest absolute Gasteiger partial charge is 0.250 e. The maximum atomic E-state index is 2.17. The van der Waals surface area contributed by atoms with Crippen LogP contribution >= 0.6 is 0 Å². The lowest BCUT2D eigenvalue weighted by molar-refractivity contribution is -0.542. The van der Waals surface area contributed by atoms with E-state index in [4.69, 9.17) is 0 Å². The van der Waals surface area contributed by atoms with E-state index in [-0.39, 0.29) is 0 Å². The molecule has 0 aromatic rings. The Hall–Kier alpha value is -0.570. The van der Waals surface area contributed by atoms with Crippen LogP contribution in [0.1, 0.15) is 6.92 Å². The van der Waals surface area contributed by atoms with E-state index in [0.717, 1.165) is 0 Å². The molecule has 0 aromatic heterocycles. The minimum Gasteiger partial charge on any atom is -0.250 e. The molecule has 0 spiro atoms. The van der Waals surface area contributed by atoms with E-state index >= 15 is 0 Å². The van der Waals surface area contributed by atoms with Crippen LogP contribution in [0.25, 0.3) is 0 Å². The Morgan fingerprint density at radius 1 is 1.44 bits per heavy atom. The van der Waals surface area contributed by atoms with E-state index in [2.05, 4.69) is 42.0 Å². The van der Waals surface area contributed by atoms with Gasteiger partial charge in [0.1, 0.15) is 0 Å². The normalized spacial score (nSPS) is 29.1. The molecular weight excluding hydrogens is 114 g/mol. The Balaban J connectivity index is 2.70. The SMILES string of the molecule is CC1N(C)N(C)C=[N+]1C. The van der Waals surface area contributed by atoms with E-state index in [1.54, 1.807) is 0 Å². The molecule has 1 atom stereocenters. The van der Waals surface area contributed by atoms with E-state index in [1.807, 2.05) is 7.05 Å². The maximum Gasteiger partial charge on any atom is 0.253 e. The van der Waals surface area contributed by atoms with Crippen molar-refractivity contribution in [1.29, 1.82) is 0 Å². The number of hydrazine groups is 1. The predicted molar refractivity (Wildman–Crippen MR) is 37.2 cm³/mol. The molecule has 0 aromatic carbocycles. The van der Waals surface area contributed by atoms with Gasteiger partial charge in [0.25, 0.3) is 6.34 Å². The fraction of sp³-hybridized carbons (Fsp3) is 0.833. The molecule has 0 bridgehead atoms. The second-order valence-corrected chi connectivity index (χ2v) is 2.56. The predicted octanol–water partition coefficient (Wildman–Crippen LogP) is -0.205. The summed E-state index contributed by atoms with van der Waals surface area (Å²) in [7, 11) is 6.19. The van der Waals surface area contributed by atoms with Crippen molar-refractivity contribution >= 4 is 6.34 Å². The molecule has 1 unspecified atom stereocenters. The van der Waals surface area contributed by atoms with Crippen molar-refractivity contribution in [2.75, 3.05) is 21.1 Å². The summed E-state index contributed by atoms with van der Waals surface area (Å²) in [6, 6.07) is 0. The van der Waals surface area contributed by atoms with Gasteiger partial charge in [0.15, 0.2) is 6.17 Å². The summed E-state index contributed by atoms with van der Waals surface area (Å²) in [5.41, 5.74) is 0. The highest BCUT2D eigenvalue weighted by molar-refractivity contribution is 5.48. The molecule has 0 saturated carbocycles. The Bertz CT molecular complexity index is 141. The monoisotopic (exact) mass is 128 g/mol. The number of hydrogen-bond acceptors (Lipinski definition) is 2. The highest BCUT2D eigenvalue weighted by atomic mass is 15.7. The summed E-state index contributed by atoms with van der Waals surface area (Å²) in [5.74, 6) is 0. The minimum atomic E-state index is 0.495. The Labute approximate surface area is 56.2 Å². The van der Waals surface area contributed by atoms with Crippen LogP contribution in [-0.2, 0) is 0 Å². The van der Waals surface area contributed by atoms with Crippen molar-refractivity contribution in [3.8, 4) is 0 Å². The summed E-state index contributed by atoms with van der Waals surface area (Å²) < 4.78 is 2.17. The van der Waals surface area contributed by atoms with Gasteiger partial charge in [0.05, 0.1) is 14.1 Å². The third kappa shape index (κ3) is 0.920. The average molecular weight is 128 g/mol. The van der Waals surface area contributed by atoms with E-state index in [0.29, 0.717) is 6.17 Å². The summed E-state index contributed by atoms with van der Waals surface area (Å²) in [4.78, 5) is 0. The molecule has 1 rings (SSSR count). The Morgan fingerprint density at radius 3 is 2.11 bits per heavy atom. The molecule has 52 valence electrons. The van der Waals surface area contributed by atoms with Crippen LogP contribution in [-0.4, -0.2) is 48.2 Å². The standard InChI is InChI=1S/C6H14N3/c1-6-7(2)5-8(3)9(6)4/h5-6H,1-4H3/q+1. The van der Waals surface area contributed by atoms with E-state index in [1.165, 1.54) is 0 Å². The zero-order chi connectivity index (χ0) is 7.02. The van der Waals surface area contributed by atoms with Crippen molar-refractivity contribution < 1.29 is 4.58 Å². The number of nitrogens with zero attached hydrogens (tertiary/aromatic N) is 3. The summed E-state index contributed by atoms with van der Waals surface area (Å²) in [6.45, 7) is 2.17. The van der Waals surface area contributed by atoms with Crippen molar-refractivity contribution in [1.82, 2.24) is 10.0 Å². The van der Waals surface area contributed by atoms with Crippen LogP contribution in [0.5, 0.6) is 0 Å². The fourth-order valence-corrected chi connectivity index (χ4v) is 0.969. The second kappa shape index (κ2) is 1.99. The van der Waals surface area contributed by atoms with Crippen LogP contribution in [0.2, 0.25) is 0 Å². The first-order chi connectivity index (χ1) is 4.13. The van der Waals surface area contributed by atoms with Gasteiger partial charge in [-0.15, -0.1) is 5.01 Å². The van der Waals surface area contributed by atoms with Gasteiger partial charge in [-0.05, 0) is 6.92 Å². The molecule has 1 aliphatic heterocycles. The molecule has 3 heteroatoms. The van der Waals surface area contributed by atoms with Gasteiger partial charge in [0, 0.05) is 7.05 Å². The molecule has 0 amide bonds. The molecule has 0 fully saturated rings. The maximum absolute atomic E-state index is 2.17. The third-order valence-electron chi connectivity index (χ3n) is 1.98. The topological polar surface area (TPSA) is 9.49 Å². The number of hydrogen-bond donors (Lipinski definition) is 0. The average Bonchev–Trinajstić information content (AvgIpc) is 1.98. The van der Waals surface area contributed by atoms with Crippen molar-refractivity contribution in [2.45, 2.75) is 13.1 Å². The van der Waals surface area contributed by atoms with Crippen LogP contribution in [0.15, 0.2) is 0 Å². The second-order valence-electron chi connectivity index (χ2n) is 2.56. The molecule has 0 radical (unpaired) electrons. The molecule has 0 aliphatic carbocycles. The van der Waals surface area contributed by atoms with Crippen LogP contribution in [0.3, 0.4) is 0 Å². The summed E-state index contributed by atoms with van der Waals surface area (Å²) in [5, 5.41) is 4.24. The van der Waals surface area contributed by atoms with Gasteiger partial charge in [-0.25, -0.2) is 0 Å². The van der Waals surface area contributed by atoms with Crippen molar-refractivity contribution in [3.63, 3.8) is 0 Å². The lowest BCUT2D eigenvalue weighted by Gasteiger charge is -2.14. The van der Waals surface area contributed by atoms with Gasteiger partial charge in [-0.1, -0.05) is 0 Å². The zero-order valence-corrected chi connectivity index (χ0v) is 6.50. The fourth-order valence-electron chi connectivity index (χ4n) is 0.969. The van der Waals surface area contributed by atoms with Crippen molar-refractivity contribution in [2.24, 2.45) is 0 Å². The van der Waals surface area contributed by atoms with Gasteiger partial charge in [-0.2, -0.15) is 5.01 Å². The van der Waals surface area contributed by atoms with Gasteiger partial charge >= 0.3 is 0 Å². The Kier molecular flexibility index (Phi) is 1.45. The molecule has 0 saturated heterocycles. The third-order valence-corrected chi connectivity index (χ3v) is 1.98. The minimum absolute atomic E-state index is 0.495. The van der Waals surface area contributed by atoms with Crippen LogP contribution in [0, 0.1) is 0 Å². The first kappa shape index (κ1) is 6.55. The molecule has 1 heterocycles. The molecule has 0 N–H and O–H groups in total. The zero-order valence-electron chi connectivity index (χ0n) is 6.50. The molecule has 1 aliphatic rings. The van der Waals surface area contributed by atoms with Crippen molar-refractivity contribution in [3.05, 3.63) is 0 Å². The highest BCUT2D eigenvalue weighted by Crippen LogP contribution is 2.03. The van der Waals surface area contributed by atoms with E-state index < -0.39 is 0 Å². The van der Waals surface area contributed by atoms with Crippen LogP contribution in [0.4, 0.5) is 0 Å². The summed E-state index contributed by atoms with van der Waals surface area (Å²) in [6.07, 6.45) is 2.57. The molecule has 3 nitrogen and oxygen atoms in total. The molecular formula is C6H14N3+. The molecule has 9 heavy (non-hydrogen) atoms. The van der Waals surface area contributed by atoms with Gasteiger partial charge in [-0.3, -0.25) is 4.58 Å². The van der Waals surface area contributed by atoms with Crippen LogP contribution < -0.4 is 0 Å². The lowest BCUT2D eigenvalue weighted by atomic mass is 10.5. The van der Waals surface area contributed by atoms with Gasteiger partial charge in [0.2, 0.25) is 0 Å². The first-order valence-electron chi connectivity index (χ1n) is 3.15. The summed E-state index contributed by atoms with van der Waals surface area (Å²) >= 11 is 0. The van der Waals surface area contributed by atoms with E-state index in [9.17, 15) is 0 Å². The first-order valence-corrected chi connectivity index (χ1v) is 3.15.